The van der Waals surface area contributed by atoms with Crippen LogP contribution in [0.5, 0.6) is 0 Å². The number of nitrogens with zero attached hydrogens (tertiary/aromatic N) is 1. The molecule has 0 amide bonds. The van der Waals surface area contributed by atoms with Gasteiger partial charge in [-0.05, 0) is 37.7 Å². The molecule has 0 unspecified atom stereocenters. The molecule has 3 heteroatoms. The van der Waals surface area contributed by atoms with E-state index in [1.54, 1.807) is 6.07 Å². The summed E-state index contributed by atoms with van der Waals surface area (Å²) in [7, 11) is 3.93. The van der Waals surface area contributed by atoms with Crippen LogP contribution in [0.3, 0.4) is 0 Å². The molecular formula is C18H23FN2. The smallest absolute Gasteiger partial charge is 0.127 e. The van der Waals surface area contributed by atoms with Crippen LogP contribution in [-0.2, 0) is 19.5 Å². The van der Waals surface area contributed by atoms with E-state index in [0.29, 0.717) is 6.54 Å². The molecule has 112 valence electrons. The fraction of sp³-hybridized carbons (Fsp3) is 0.333. The summed E-state index contributed by atoms with van der Waals surface area (Å²) in [6, 6.07) is 15.7. The molecule has 0 saturated heterocycles. The van der Waals surface area contributed by atoms with Crippen molar-refractivity contribution in [2.24, 2.45) is 0 Å². The van der Waals surface area contributed by atoms with Gasteiger partial charge in [0.25, 0.3) is 0 Å². The normalized spacial score (nSPS) is 11.0. The zero-order valence-corrected chi connectivity index (χ0v) is 12.8. The van der Waals surface area contributed by atoms with Crippen molar-refractivity contribution in [2.45, 2.75) is 19.5 Å². The van der Waals surface area contributed by atoms with Crippen molar-refractivity contribution in [1.29, 1.82) is 0 Å². The first-order valence-corrected chi connectivity index (χ1v) is 7.33. The lowest BCUT2D eigenvalue weighted by atomic mass is 10.1. The minimum Gasteiger partial charge on any atom is -0.316 e. The Morgan fingerprint density at radius 3 is 2.52 bits per heavy atom. The molecule has 2 aromatic carbocycles. The molecule has 0 atom stereocenters. The molecule has 0 aliphatic rings. The highest BCUT2D eigenvalue weighted by Crippen LogP contribution is 2.13. The van der Waals surface area contributed by atoms with Crippen LogP contribution >= 0.6 is 0 Å². The third-order valence-electron chi connectivity index (χ3n) is 3.56. The SMILES string of the molecule is CNCc1ccc(F)c(CN(C)CCc2ccccc2)c1. The van der Waals surface area contributed by atoms with Crippen molar-refractivity contribution in [3.63, 3.8) is 0 Å². The summed E-state index contributed by atoms with van der Waals surface area (Å²) in [6.45, 7) is 2.32. The number of rotatable bonds is 7. The Kier molecular flexibility index (Phi) is 5.90. The van der Waals surface area contributed by atoms with Crippen molar-refractivity contribution < 1.29 is 4.39 Å². The molecule has 0 bridgehead atoms. The Hall–Kier alpha value is -1.71. The average molecular weight is 286 g/mol. The number of hydrogen-bond acceptors (Lipinski definition) is 2. The number of likely N-dealkylation sites (N-methyl/N-ethyl adjacent to an activating group) is 1. The Morgan fingerprint density at radius 1 is 1.05 bits per heavy atom. The summed E-state index contributed by atoms with van der Waals surface area (Å²) < 4.78 is 13.9. The highest BCUT2D eigenvalue weighted by molar-refractivity contribution is 5.25. The fourth-order valence-electron chi connectivity index (χ4n) is 2.40. The van der Waals surface area contributed by atoms with Gasteiger partial charge in [0.15, 0.2) is 0 Å². The summed E-state index contributed by atoms with van der Waals surface area (Å²) in [6.07, 6.45) is 0.981. The van der Waals surface area contributed by atoms with Crippen LogP contribution in [-0.4, -0.2) is 25.5 Å². The number of benzene rings is 2. The molecular weight excluding hydrogens is 263 g/mol. The molecule has 0 saturated carbocycles. The molecule has 0 radical (unpaired) electrons. The van der Waals surface area contributed by atoms with Gasteiger partial charge in [-0.15, -0.1) is 0 Å². The average Bonchev–Trinajstić information content (AvgIpc) is 2.50. The standard InChI is InChI=1S/C18H23FN2/c1-20-13-16-8-9-18(19)17(12-16)14-21(2)11-10-15-6-4-3-5-7-15/h3-9,12,20H,10-11,13-14H2,1-2H3. The summed E-state index contributed by atoms with van der Waals surface area (Å²) in [4.78, 5) is 2.16. The maximum Gasteiger partial charge on any atom is 0.127 e. The van der Waals surface area contributed by atoms with Gasteiger partial charge in [-0.3, -0.25) is 0 Å². The number of hydrogen-bond donors (Lipinski definition) is 1. The topological polar surface area (TPSA) is 15.3 Å². The van der Waals surface area contributed by atoms with Crippen LogP contribution in [0, 0.1) is 5.82 Å². The zero-order valence-electron chi connectivity index (χ0n) is 12.8. The lowest BCUT2D eigenvalue weighted by molar-refractivity contribution is 0.325. The van der Waals surface area contributed by atoms with Gasteiger partial charge in [0, 0.05) is 25.2 Å². The summed E-state index contributed by atoms with van der Waals surface area (Å²) in [5, 5.41) is 3.09. The molecule has 0 aliphatic heterocycles. The lowest BCUT2D eigenvalue weighted by Gasteiger charge is -2.17. The van der Waals surface area contributed by atoms with E-state index in [2.05, 4.69) is 34.5 Å². The minimum absolute atomic E-state index is 0.124. The summed E-state index contributed by atoms with van der Waals surface area (Å²) in [5.74, 6) is -0.124. The molecule has 2 nitrogen and oxygen atoms in total. The van der Waals surface area contributed by atoms with E-state index >= 15 is 0 Å². The lowest BCUT2D eigenvalue weighted by Crippen LogP contribution is -2.21. The highest BCUT2D eigenvalue weighted by Gasteiger charge is 2.07. The maximum atomic E-state index is 13.9. The monoisotopic (exact) mass is 286 g/mol. The Bertz CT molecular complexity index is 554. The molecule has 1 N–H and O–H groups in total. The molecule has 2 rings (SSSR count). The number of halogens is 1. The van der Waals surface area contributed by atoms with E-state index < -0.39 is 0 Å². The third-order valence-corrected chi connectivity index (χ3v) is 3.56. The zero-order chi connectivity index (χ0) is 15.1. The largest absolute Gasteiger partial charge is 0.316 e. The van der Waals surface area contributed by atoms with Gasteiger partial charge in [-0.25, -0.2) is 4.39 Å². The fourth-order valence-corrected chi connectivity index (χ4v) is 2.40. The van der Waals surface area contributed by atoms with Gasteiger partial charge in [0.2, 0.25) is 0 Å². The van der Waals surface area contributed by atoms with Gasteiger partial charge in [0.1, 0.15) is 5.82 Å². The first kappa shape index (κ1) is 15.7. The van der Waals surface area contributed by atoms with Crippen LogP contribution in [0.4, 0.5) is 4.39 Å². The molecule has 2 aromatic rings. The Morgan fingerprint density at radius 2 is 1.81 bits per heavy atom. The van der Waals surface area contributed by atoms with Crippen LogP contribution in [0.2, 0.25) is 0 Å². The van der Waals surface area contributed by atoms with Crippen molar-refractivity contribution in [1.82, 2.24) is 10.2 Å². The van der Waals surface area contributed by atoms with Gasteiger partial charge in [-0.2, -0.15) is 0 Å². The summed E-state index contributed by atoms with van der Waals surface area (Å²) in [5.41, 5.74) is 3.19. The van der Waals surface area contributed by atoms with Crippen molar-refractivity contribution in [3.05, 3.63) is 71.0 Å². The molecule has 21 heavy (non-hydrogen) atoms. The first-order valence-electron chi connectivity index (χ1n) is 7.33. The van der Waals surface area contributed by atoms with Crippen LogP contribution in [0.25, 0.3) is 0 Å². The second-order valence-corrected chi connectivity index (χ2v) is 5.43. The Balaban J connectivity index is 1.92. The quantitative estimate of drug-likeness (QED) is 0.841. The predicted octanol–water partition coefficient (Wildman–Crippen LogP) is 3.22. The van der Waals surface area contributed by atoms with Crippen molar-refractivity contribution in [2.75, 3.05) is 20.6 Å². The maximum absolute atomic E-state index is 13.9. The molecule has 0 fully saturated rings. The van der Waals surface area contributed by atoms with E-state index in [4.69, 9.17) is 0 Å². The van der Waals surface area contributed by atoms with E-state index in [9.17, 15) is 4.39 Å². The predicted molar refractivity (Wildman–Crippen MR) is 85.6 cm³/mol. The van der Waals surface area contributed by atoms with E-state index in [0.717, 1.165) is 30.6 Å². The van der Waals surface area contributed by atoms with Crippen molar-refractivity contribution >= 4 is 0 Å². The van der Waals surface area contributed by atoms with E-state index in [1.165, 1.54) is 5.56 Å². The van der Waals surface area contributed by atoms with Crippen LogP contribution in [0.15, 0.2) is 48.5 Å². The number of nitrogens with one attached hydrogen (secondary N) is 1. The van der Waals surface area contributed by atoms with Gasteiger partial charge in [0.05, 0.1) is 0 Å². The first-order chi connectivity index (χ1) is 10.2. The third kappa shape index (κ3) is 4.96. The minimum atomic E-state index is -0.124. The van der Waals surface area contributed by atoms with Gasteiger partial charge in [-0.1, -0.05) is 42.5 Å². The van der Waals surface area contributed by atoms with Gasteiger partial charge < -0.3 is 10.2 Å². The highest BCUT2D eigenvalue weighted by atomic mass is 19.1. The molecule has 0 aliphatic carbocycles. The van der Waals surface area contributed by atoms with Crippen LogP contribution in [0.1, 0.15) is 16.7 Å². The second kappa shape index (κ2) is 7.91. The summed E-state index contributed by atoms with van der Waals surface area (Å²) >= 11 is 0. The second-order valence-electron chi connectivity index (χ2n) is 5.43. The molecule has 0 heterocycles. The Labute approximate surface area is 126 Å². The van der Waals surface area contributed by atoms with Crippen molar-refractivity contribution in [3.8, 4) is 0 Å². The van der Waals surface area contributed by atoms with Crippen LogP contribution < -0.4 is 5.32 Å². The van der Waals surface area contributed by atoms with E-state index in [1.807, 2.05) is 32.3 Å². The molecule has 0 aromatic heterocycles. The van der Waals surface area contributed by atoms with Gasteiger partial charge >= 0.3 is 0 Å². The van der Waals surface area contributed by atoms with E-state index in [-0.39, 0.29) is 5.82 Å². The molecule has 0 spiro atoms.